The average Bonchev–Trinajstić information content (AvgIpc) is 2.79. The highest BCUT2D eigenvalue weighted by Crippen LogP contribution is 2.29. The van der Waals surface area contributed by atoms with Crippen molar-refractivity contribution in [3.05, 3.63) is 69.2 Å². The molecule has 1 aliphatic heterocycles. The van der Waals surface area contributed by atoms with Gasteiger partial charge in [-0.25, -0.2) is 0 Å². The smallest absolute Gasteiger partial charge is 0.354 e. The quantitative estimate of drug-likeness (QED) is 0.574. The predicted octanol–water partition coefficient (Wildman–Crippen LogP) is 4.77. The molecule has 0 atom stereocenters. The molecule has 2 aromatic carbocycles. The van der Waals surface area contributed by atoms with Crippen molar-refractivity contribution in [2.75, 3.05) is 26.2 Å². The topological polar surface area (TPSA) is 61.4 Å². The molecule has 178 valence electrons. The number of piperidine rings is 1. The van der Waals surface area contributed by atoms with Crippen molar-refractivity contribution in [2.24, 2.45) is 5.92 Å². The van der Waals surface area contributed by atoms with E-state index in [2.05, 4.69) is 15.5 Å². The van der Waals surface area contributed by atoms with Crippen LogP contribution in [0.1, 0.15) is 34.3 Å². The zero-order valence-electron chi connectivity index (χ0n) is 17.7. The second-order valence-electron chi connectivity index (χ2n) is 8.03. The fraction of sp³-hybridized carbons (Fsp3) is 0.391. The van der Waals surface area contributed by atoms with E-state index in [1.165, 1.54) is 6.07 Å². The maximum atomic E-state index is 12.8. The lowest BCUT2D eigenvalue weighted by Crippen LogP contribution is -2.41. The molecule has 0 aromatic heterocycles. The van der Waals surface area contributed by atoms with Gasteiger partial charge in [0.2, 0.25) is 5.91 Å². The molecule has 0 bridgehead atoms. The van der Waals surface area contributed by atoms with Gasteiger partial charge in [-0.2, -0.15) is 13.2 Å². The van der Waals surface area contributed by atoms with Gasteiger partial charge in [0, 0.05) is 18.7 Å². The van der Waals surface area contributed by atoms with E-state index in [-0.39, 0.29) is 18.0 Å². The molecular formula is C23H24Cl2F3N3O2. The van der Waals surface area contributed by atoms with Crippen molar-refractivity contribution < 1.29 is 22.8 Å². The van der Waals surface area contributed by atoms with E-state index in [1.807, 2.05) is 12.1 Å². The minimum atomic E-state index is -4.54. The molecule has 3 rings (SSSR count). The molecule has 1 aliphatic rings. The lowest BCUT2D eigenvalue weighted by atomic mass is 9.96. The number of carbonyl (C=O) groups is 2. The van der Waals surface area contributed by atoms with Crippen molar-refractivity contribution >= 4 is 35.0 Å². The number of halogens is 5. The molecule has 0 saturated carbocycles. The number of benzene rings is 2. The molecule has 33 heavy (non-hydrogen) atoms. The SMILES string of the molecule is O=C(CNC(=O)c1cccc(C(F)(F)F)c1)NCC1CCN(Cc2ccc(Cl)c(Cl)c2)CC1. The first-order chi connectivity index (χ1) is 15.6. The number of nitrogens with one attached hydrogen (secondary N) is 2. The van der Waals surface area contributed by atoms with Gasteiger partial charge in [0.05, 0.1) is 22.2 Å². The van der Waals surface area contributed by atoms with E-state index in [9.17, 15) is 22.8 Å². The van der Waals surface area contributed by atoms with Gasteiger partial charge in [0.25, 0.3) is 5.91 Å². The van der Waals surface area contributed by atoms with Gasteiger partial charge in [0.1, 0.15) is 0 Å². The van der Waals surface area contributed by atoms with E-state index in [0.29, 0.717) is 22.5 Å². The summed E-state index contributed by atoms with van der Waals surface area (Å²) in [5.41, 5.74) is 0.0322. The van der Waals surface area contributed by atoms with Crippen molar-refractivity contribution in [3.8, 4) is 0 Å². The van der Waals surface area contributed by atoms with Gasteiger partial charge in [-0.1, -0.05) is 35.3 Å². The Labute approximate surface area is 200 Å². The largest absolute Gasteiger partial charge is 0.416 e. The van der Waals surface area contributed by atoms with Crippen LogP contribution in [0.5, 0.6) is 0 Å². The van der Waals surface area contributed by atoms with E-state index in [1.54, 1.807) is 6.07 Å². The standard InChI is InChI=1S/C23H24Cl2F3N3O2/c24-19-5-4-16(10-20(19)25)14-31-8-6-15(7-9-31)12-29-21(32)13-30-22(33)17-2-1-3-18(11-17)23(26,27)28/h1-5,10-11,15H,6-9,12-14H2,(H,29,32)(H,30,33). The van der Waals surface area contributed by atoms with E-state index in [0.717, 1.165) is 56.2 Å². The molecule has 2 amide bonds. The van der Waals surface area contributed by atoms with Crippen LogP contribution < -0.4 is 10.6 Å². The Hall–Kier alpha value is -2.29. The molecule has 0 spiro atoms. The van der Waals surface area contributed by atoms with E-state index >= 15 is 0 Å². The van der Waals surface area contributed by atoms with E-state index in [4.69, 9.17) is 23.2 Å². The maximum absolute atomic E-state index is 12.8. The maximum Gasteiger partial charge on any atom is 0.416 e. The normalized spacial score (nSPS) is 15.3. The molecule has 1 saturated heterocycles. The van der Waals surface area contributed by atoms with Gasteiger partial charge in [-0.05, 0) is 67.7 Å². The first-order valence-electron chi connectivity index (χ1n) is 10.5. The summed E-state index contributed by atoms with van der Waals surface area (Å²) in [6, 6.07) is 9.68. The number of alkyl halides is 3. The van der Waals surface area contributed by atoms with Crippen LogP contribution in [0.4, 0.5) is 13.2 Å². The van der Waals surface area contributed by atoms with Crippen molar-refractivity contribution in [2.45, 2.75) is 25.6 Å². The molecule has 2 N–H and O–H groups in total. The summed E-state index contributed by atoms with van der Waals surface area (Å²) in [5.74, 6) is -0.793. The molecular weight excluding hydrogens is 478 g/mol. The summed E-state index contributed by atoms with van der Waals surface area (Å²) < 4.78 is 38.3. The zero-order chi connectivity index (χ0) is 24.0. The second kappa shape index (κ2) is 11.2. The van der Waals surface area contributed by atoms with Crippen LogP contribution in [0.15, 0.2) is 42.5 Å². The summed E-state index contributed by atoms with van der Waals surface area (Å²) in [5, 5.41) is 6.21. The number of rotatable bonds is 7. The Bertz CT molecular complexity index is 993. The van der Waals surface area contributed by atoms with Gasteiger partial charge in [-0.15, -0.1) is 0 Å². The van der Waals surface area contributed by atoms with Crippen LogP contribution in [0, 0.1) is 5.92 Å². The first-order valence-corrected chi connectivity index (χ1v) is 11.3. The number of carbonyl (C=O) groups excluding carboxylic acids is 2. The highest BCUT2D eigenvalue weighted by Gasteiger charge is 2.31. The molecule has 10 heteroatoms. The van der Waals surface area contributed by atoms with Crippen LogP contribution in [0.3, 0.4) is 0 Å². The van der Waals surface area contributed by atoms with Crippen LogP contribution in [0.2, 0.25) is 10.0 Å². The zero-order valence-corrected chi connectivity index (χ0v) is 19.2. The van der Waals surface area contributed by atoms with Gasteiger partial charge < -0.3 is 10.6 Å². The fourth-order valence-electron chi connectivity index (χ4n) is 3.66. The number of hydrogen-bond acceptors (Lipinski definition) is 3. The summed E-state index contributed by atoms with van der Waals surface area (Å²) in [6.45, 7) is 2.72. The molecule has 0 unspecified atom stereocenters. The summed E-state index contributed by atoms with van der Waals surface area (Å²) in [6.07, 6.45) is -2.71. The lowest BCUT2D eigenvalue weighted by Gasteiger charge is -2.32. The molecule has 0 radical (unpaired) electrons. The highest BCUT2D eigenvalue weighted by molar-refractivity contribution is 6.42. The monoisotopic (exact) mass is 501 g/mol. The Kier molecular flexibility index (Phi) is 8.62. The third kappa shape index (κ3) is 7.62. The molecule has 1 heterocycles. The predicted molar refractivity (Wildman–Crippen MR) is 121 cm³/mol. The minimum absolute atomic E-state index is 0.146. The number of nitrogens with zero attached hydrogens (tertiary/aromatic N) is 1. The third-order valence-electron chi connectivity index (χ3n) is 5.55. The first kappa shape index (κ1) is 25.3. The summed E-state index contributed by atoms with van der Waals surface area (Å²) in [4.78, 5) is 26.5. The number of hydrogen-bond donors (Lipinski definition) is 2. The van der Waals surface area contributed by atoms with Crippen LogP contribution in [0.25, 0.3) is 0 Å². The summed E-state index contributed by atoms with van der Waals surface area (Å²) in [7, 11) is 0. The van der Waals surface area contributed by atoms with Gasteiger partial charge >= 0.3 is 6.18 Å². The molecule has 0 aliphatic carbocycles. The van der Waals surface area contributed by atoms with Crippen LogP contribution in [-0.4, -0.2) is 42.9 Å². The Balaban J connectivity index is 1.37. The van der Waals surface area contributed by atoms with Gasteiger partial charge in [-0.3, -0.25) is 14.5 Å². The number of amides is 2. The summed E-state index contributed by atoms with van der Waals surface area (Å²) >= 11 is 12.0. The number of likely N-dealkylation sites (tertiary alicyclic amines) is 1. The third-order valence-corrected chi connectivity index (χ3v) is 6.29. The Morgan fingerprint density at radius 2 is 1.73 bits per heavy atom. The van der Waals surface area contributed by atoms with Crippen molar-refractivity contribution in [1.29, 1.82) is 0 Å². The average molecular weight is 502 g/mol. The molecule has 2 aromatic rings. The van der Waals surface area contributed by atoms with Crippen LogP contribution in [-0.2, 0) is 17.5 Å². The molecule has 5 nitrogen and oxygen atoms in total. The Morgan fingerprint density at radius 3 is 2.39 bits per heavy atom. The van der Waals surface area contributed by atoms with Crippen LogP contribution >= 0.6 is 23.2 Å². The Morgan fingerprint density at radius 1 is 1.00 bits per heavy atom. The van der Waals surface area contributed by atoms with E-state index < -0.39 is 17.6 Å². The minimum Gasteiger partial charge on any atom is -0.354 e. The van der Waals surface area contributed by atoms with Crippen molar-refractivity contribution in [3.63, 3.8) is 0 Å². The van der Waals surface area contributed by atoms with Gasteiger partial charge in [0.15, 0.2) is 0 Å². The lowest BCUT2D eigenvalue weighted by molar-refractivity contribution is -0.137. The molecule has 1 fully saturated rings. The fourth-order valence-corrected chi connectivity index (χ4v) is 3.99. The highest BCUT2D eigenvalue weighted by atomic mass is 35.5. The van der Waals surface area contributed by atoms with Crippen molar-refractivity contribution in [1.82, 2.24) is 15.5 Å². The second-order valence-corrected chi connectivity index (χ2v) is 8.85.